The number of carbonyl (C=O) groups is 1. The van der Waals surface area contributed by atoms with Crippen molar-refractivity contribution < 1.29 is 22.0 Å². The lowest BCUT2D eigenvalue weighted by atomic mass is 10.0. The molecule has 1 unspecified atom stereocenters. The predicted molar refractivity (Wildman–Crippen MR) is 88.3 cm³/mol. The van der Waals surface area contributed by atoms with Crippen molar-refractivity contribution >= 4 is 15.9 Å². The van der Waals surface area contributed by atoms with Crippen LogP contribution in [0, 0.1) is 11.6 Å². The molecule has 1 aromatic carbocycles. The van der Waals surface area contributed by atoms with Gasteiger partial charge in [-0.2, -0.15) is 4.31 Å². The third kappa shape index (κ3) is 3.69. The van der Waals surface area contributed by atoms with Gasteiger partial charge < -0.3 is 4.90 Å². The number of rotatable bonds is 5. The maximum Gasteiger partial charge on any atom is 0.249 e. The molecule has 0 aliphatic carbocycles. The van der Waals surface area contributed by atoms with E-state index in [-0.39, 0.29) is 18.5 Å². The summed E-state index contributed by atoms with van der Waals surface area (Å²) in [7, 11) is -4.25. The molecule has 2 heterocycles. The minimum atomic E-state index is -4.25. The maximum atomic E-state index is 14.0. The highest BCUT2D eigenvalue weighted by atomic mass is 32.2. The molecule has 0 saturated carbocycles. The SMILES string of the molecule is O=C1CCCN1CCC1CCCCN1S(=O)(=O)c1c(F)cccc1F. The third-order valence-corrected chi connectivity index (χ3v) is 6.97. The van der Waals surface area contributed by atoms with E-state index in [0.717, 1.165) is 31.0 Å². The fraction of sp³-hybridized carbons (Fsp3) is 0.588. The maximum absolute atomic E-state index is 14.0. The Morgan fingerprint density at radius 1 is 1.08 bits per heavy atom. The van der Waals surface area contributed by atoms with Gasteiger partial charge in [-0.25, -0.2) is 17.2 Å². The number of piperidine rings is 1. The molecule has 1 aromatic rings. The minimum Gasteiger partial charge on any atom is -0.343 e. The Hall–Kier alpha value is -1.54. The van der Waals surface area contributed by atoms with Crippen LogP contribution in [-0.2, 0) is 14.8 Å². The fourth-order valence-corrected chi connectivity index (χ4v) is 5.51. The smallest absolute Gasteiger partial charge is 0.249 e. The van der Waals surface area contributed by atoms with E-state index in [9.17, 15) is 22.0 Å². The Kier molecular flexibility index (Phi) is 5.38. The van der Waals surface area contributed by atoms with Crippen molar-refractivity contribution in [3.05, 3.63) is 29.8 Å². The summed E-state index contributed by atoms with van der Waals surface area (Å²) < 4.78 is 55.0. The number of sulfonamides is 1. The summed E-state index contributed by atoms with van der Waals surface area (Å²) in [4.78, 5) is 12.6. The number of amides is 1. The normalized spacial score (nSPS) is 22.6. The molecule has 2 aliphatic heterocycles. The lowest BCUT2D eigenvalue weighted by Crippen LogP contribution is -2.45. The summed E-state index contributed by atoms with van der Waals surface area (Å²) in [6.45, 7) is 1.42. The van der Waals surface area contributed by atoms with Gasteiger partial charge in [0.25, 0.3) is 0 Å². The zero-order chi connectivity index (χ0) is 18.0. The van der Waals surface area contributed by atoms with Crippen LogP contribution in [0.5, 0.6) is 0 Å². The summed E-state index contributed by atoms with van der Waals surface area (Å²) in [6.07, 6.45) is 4.01. The molecule has 25 heavy (non-hydrogen) atoms. The molecule has 1 amide bonds. The van der Waals surface area contributed by atoms with Crippen molar-refractivity contribution in [1.82, 2.24) is 9.21 Å². The first-order valence-electron chi connectivity index (χ1n) is 8.65. The van der Waals surface area contributed by atoms with Crippen LogP contribution in [0.2, 0.25) is 0 Å². The zero-order valence-electron chi connectivity index (χ0n) is 14.0. The molecule has 1 atom stereocenters. The van der Waals surface area contributed by atoms with Crippen molar-refractivity contribution in [2.24, 2.45) is 0 Å². The molecule has 2 fully saturated rings. The highest BCUT2D eigenvalue weighted by Gasteiger charge is 2.37. The van der Waals surface area contributed by atoms with E-state index in [1.807, 2.05) is 0 Å². The van der Waals surface area contributed by atoms with Crippen LogP contribution in [0.25, 0.3) is 0 Å². The third-order valence-electron chi connectivity index (χ3n) is 4.96. The highest BCUT2D eigenvalue weighted by Crippen LogP contribution is 2.30. The summed E-state index contributed by atoms with van der Waals surface area (Å²) in [5, 5.41) is 0. The first-order valence-corrected chi connectivity index (χ1v) is 10.1. The average molecular weight is 372 g/mol. The van der Waals surface area contributed by atoms with Crippen LogP contribution in [0.15, 0.2) is 23.1 Å². The molecule has 138 valence electrons. The monoisotopic (exact) mass is 372 g/mol. The second-order valence-corrected chi connectivity index (χ2v) is 8.42. The molecule has 3 rings (SSSR count). The van der Waals surface area contributed by atoms with Gasteiger partial charge in [-0.3, -0.25) is 4.79 Å². The van der Waals surface area contributed by atoms with Crippen molar-refractivity contribution in [3.8, 4) is 0 Å². The molecule has 8 heteroatoms. The van der Waals surface area contributed by atoms with Crippen molar-refractivity contribution in [1.29, 1.82) is 0 Å². The van der Waals surface area contributed by atoms with Gasteiger partial charge in [0, 0.05) is 32.1 Å². The predicted octanol–water partition coefficient (Wildman–Crippen LogP) is 2.52. The Morgan fingerprint density at radius 3 is 2.44 bits per heavy atom. The number of benzene rings is 1. The first-order chi connectivity index (χ1) is 11.9. The van der Waals surface area contributed by atoms with Gasteiger partial charge in [-0.05, 0) is 37.8 Å². The van der Waals surface area contributed by atoms with E-state index in [2.05, 4.69) is 0 Å². The van der Waals surface area contributed by atoms with Crippen LogP contribution in [-0.4, -0.2) is 49.2 Å². The first kappa shape index (κ1) is 18.3. The molecular formula is C17H22F2N2O3S. The number of halogens is 2. The quantitative estimate of drug-likeness (QED) is 0.798. The average Bonchev–Trinajstić information content (AvgIpc) is 2.98. The molecule has 0 aromatic heterocycles. The van der Waals surface area contributed by atoms with Gasteiger partial charge in [-0.15, -0.1) is 0 Å². The van der Waals surface area contributed by atoms with E-state index >= 15 is 0 Å². The summed E-state index contributed by atoms with van der Waals surface area (Å²) in [5.74, 6) is -2.05. The molecule has 0 radical (unpaired) electrons. The highest BCUT2D eigenvalue weighted by molar-refractivity contribution is 7.89. The van der Waals surface area contributed by atoms with E-state index in [1.165, 1.54) is 4.31 Å². The second-order valence-electron chi connectivity index (χ2n) is 6.59. The van der Waals surface area contributed by atoms with Gasteiger partial charge in [0.15, 0.2) is 4.90 Å². The Labute approximate surface area is 146 Å². The molecular weight excluding hydrogens is 350 g/mol. The van der Waals surface area contributed by atoms with Gasteiger partial charge in [0.1, 0.15) is 11.6 Å². The lowest BCUT2D eigenvalue weighted by Gasteiger charge is -2.35. The lowest BCUT2D eigenvalue weighted by molar-refractivity contribution is -0.127. The topological polar surface area (TPSA) is 57.7 Å². The van der Waals surface area contributed by atoms with Crippen LogP contribution in [0.4, 0.5) is 8.78 Å². The second kappa shape index (κ2) is 7.37. The van der Waals surface area contributed by atoms with E-state index < -0.39 is 26.6 Å². The van der Waals surface area contributed by atoms with Crippen LogP contribution < -0.4 is 0 Å². The minimum absolute atomic E-state index is 0.0883. The van der Waals surface area contributed by atoms with Gasteiger partial charge in [0.2, 0.25) is 15.9 Å². The van der Waals surface area contributed by atoms with Crippen molar-refractivity contribution in [2.75, 3.05) is 19.6 Å². The Bertz CT molecular complexity index is 734. The largest absolute Gasteiger partial charge is 0.343 e. The number of nitrogens with zero attached hydrogens (tertiary/aromatic N) is 2. The molecule has 5 nitrogen and oxygen atoms in total. The Balaban J connectivity index is 1.81. The van der Waals surface area contributed by atoms with Gasteiger partial charge >= 0.3 is 0 Å². The molecule has 0 spiro atoms. The number of likely N-dealkylation sites (tertiary alicyclic amines) is 1. The van der Waals surface area contributed by atoms with Gasteiger partial charge in [0.05, 0.1) is 0 Å². The number of hydrogen-bond donors (Lipinski definition) is 0. The Morgan fingerprint density at radius 2 is 1.80 bits per heavy atom. The molecule has 0 N–H and O–H groups in total. The van der Waals surface area contributed by atoms with Crippen LogP contribution in [0.3, 0.4) is 0 Å². The van der Waals surface area contributed by atoms with Crippen LogP contribution in [0.1, 0.15) is 38.5 Å². The molecule has 2 saturated heterocycles. The number of hydrogen-bond acceptors (Lipinski definition) is 3. The van der Waals surface area contributed by atoms with E-state index in [4.69, 9.17) is 0 Å². The summed E-state index contributed by atoms with van der Waals surface area (Å²) in [5.41, 5.74) is 0. The van der Waals surface area contributed by atoms with E-state index in [0.29, 0.717) is 38.8 Å². The van der Waals surface area contributed by atoms with Gasteiger partial charge in [-0.1, -0.05) is 12.5 Å². The summed E-state index contributed by atoms with van der Waals surface area (Å²) >= 11 is 0. The summed E-state index contributed by atoms with van der Waals surface area (Å²) in [6, 6.07) is 2.72. The standard InChI is InChI=1S/C17H22F2N2O3S/c18-14-6-3-7-15(19)17(14)25(23,24)21-11-2-1-5-13(21)9-12-20-10-4-8-16(20)22/h3,6-7,13H,1-2,4-5,8-12H2. The molecule has 2 aliphatic rings. The van der Waals surface area contributed by atoms with E-state index in [1.54, 1.807) is 4.90 Å². The molecule has 0 bridgehead atoms. The zero-order valence-corrected chi connectivity index (χ0v) is 14.8. The van der Waals surface area contributed by atoms with Crippen molar-refractivity contribution in [3.63, 3.8) is 0 Å². The number of carbonyl (C=O) groups excluding carboxylic acids is 1. The fourth-order valence-electron chi connectivity index (χ4n) is 3.67. The van der Waals surface area contributed by atoms with Crippen LogP contribution >= 0.6 is 0 Å². The van der Waals surface area contributed by atoms with Crippen molar-refractivity contribution in [2.45, 2.75) is 49.5 Å².